The number of anilines is 1. The molecule has 1 saturated carbocycles. The first-order chi connectivity index (χ1) is 20.5. The molecule has 12 heteroatoms. The zero-order chi connectivity index (χ0) is 30.4. The molecule has 1 spiro atoms. The smallest absolute Gasteiger partial charge is 0.410 e. The van der Waals surface area contributed by atoms with Crippen LogP contribution in [0.5, 0.6) is 0 Å². The summed E-state index contributed by atoms with van der Waals surface area (Å²) in [5, 5.41) is 6.75. The largest absolute Gasteiger partial charge is 0.444 e. The summed E-state index contributed by atoms with van der Waals surface area (Å²) in [4.78, 5) is 64.9. The molecule has 2 N–H and O–H groups in total. The summed E-state index contributed by atoms with van der Waals surface area (Å²) in [6, 6.07) is 1.84. The molecule has 12 nitrogen and oxygen atoms in total. The lowest BCUT2D eigenvalue weighted by atomic mass is 9.80. The van der Waals surface area contributed by atoms with Crippen LogP contribution in [0.15, 0.2) is 12.3 Å². The van der Waals surface area contributed by atoms with E-state index >= 15 is 0 Å². The summed E-state index contributed by atoms with van der Waals surface area (Å²) in [7, 11) is 0. The Labute approximate surface area is 251 Å². The van der Waals surface area contributed by atoms with Gasteiger partial charge in [0.25, 0.3) is 5.91 Å². The van der Waals surface area contributed by atoms with Crippen LogP contribution in [-0.4, -0.2) is 86.5 Å². The van der Waals surface area contributed by atoms with Gasteiger partial charge in [0.05, 0.1) is 17.4 Å². The molecule has 0 unspecified atom stereocenters. The van der Waals surface area contributed by atoms with Crippen LogP contribution in [0.1, 0.15) is 89.0 Å². The number of piperidine rings is 2. The van der Waals surface area contributed by atoms with E-state index in [1.165, 1.54) is 6.42 Å². The number of aromatic nitrogens is 3. The Kier molecular flexibility index (Phi) is 7.80. The molecule has 2 aromatic rings. The molecule has 43 heavy (non-hydrogen) atoms. The van der Waals surface area contributed by atoms with E-state index in [1.54, 1.807) is 16.0 Å². The molecule has 2 saturated heterocycles. The van der Waals surface area contributed by atoms with Crippen LogP contribution < -0.4 is 10.6 Å². The zero-order valence-corrected chi connectivity index (χ0v) is 25.5. The van der Waals surface area contributed by atoms with Gasteiger partial charge in [0.1, 0.15) is 16.9 Å². The van der Waals surface area contributed by atoms with Crippen LogP contribution in [0.3, 0.4) is 0 Å². The van der Waals surface area contributed by atoms with E-state index in [2.05, 4.69) is 20.2 Å². The van der Waals surface area contributed by atoms with Gasteiger partial charge in [-0.3, -0.25) is 19.7 Å². The zero-order valence-electron chi connectivity index (χ0n) is 25.5. The summed E-state index contributed by atoms with van der Waals surface area (Å²) in [5.41, 5.74) is 0.462. The van der Waals surface area contributed by atoms with Gasteiger partial charge in [-0.25, -0.2) is 9.78 Å². The molecule has 2 aromatic heterocycles. The minimum Gasteiger partial charge on any atom is -0.444 e. The quantitative estimate of drug-likeness (QED) is 0.554. The minimum absolute atomic E-state index is 0.0145. The molecular formula is C31H43N7O5. The van der Waals surface area contributed by atoms with Crippen molar-refractivity contribution in [2.45, 2.75) is 89.7 Å². The van der Waals surface area contributed by atoms with E-state index < -0.39 is 11.7 Å². The monoisotopic (exact) mass is 593 g/mol. The molecule has 232 valence electrons. The van der Waals surface area contributed by atoms with E-state index in [9.17, 15) is 19.2 Å². The van der Waals surface area contributed by atoms with Gasteiger partial charge in [-0.2, -0.15) is 4.98 Å². The van der Waals surface area contributed by atoms with Crippen molar-refractivity contribution in [2.24, 2.45) is 11.8 Å². The third-order valence-electron chi connectivity index (χ3n) is 9.37. The van der Waals surface area contributed by atoms with Gasteiger partial charge in [0.2, 0.25) is 17.8 Å². The lowest BCUT2D eigenvalue weighted by Gasteiger charge is -2.42. The Hall–Kier alpha value is -3.70. The minimum atomic E-state index is -0.595. The molecule has 3 aliphatic heterocycles. The van der Waals surface area contributed by atoms with Gasteiger partial charge in [0, 0.05) is 44.3 Å². The highest BCUT2D eigenvalue weighted by molar-refractivity contribution is 5.99. The SMILES string of the molecule is CC(C)(C)OC(=O)N1CCC[C@@H](C(=O)N2CCC[C@@H](C(=O)Nc3ncc4cc5n(c4n3)C3(CCCCC3)CNC5=O)C2)C1. The Morgan fingerprint density at radius 1 is 1.00 bits per heavy atom. The number of carbonyl (C=O) groups excluding carboxylic acids is 4. The third-order valence-corrected chi connectivity index (χ3v) is 9.37. The van der Waals surface area contributed by atoms with Crippen molar-refractivity contribution in [1.82, 2.24) is 29.7 Å². The number of fused-ring (bicyclic) bond motifs is 4. The summed E-state index contributed by atoms with van der Waals surface area (Å²) >= 11 is 0. The van der Waals surface area contributed by atoms with E-state index in [1.807, 2.05) is 26.8 Å². The van der Waals surface area contributed by atoms with Gasteiger partial charge < -0.3 is 24.4 Å². The summed E-state index contributed by atoms with van der Waals surface area (Å²) < 4.78 is 7.61. The van der Waals surface area contributed by atoms with E-state index in [0.717, 1.165) is 43.9 Å². The van der Waals surface area contributed by atoms with Crippen LogP contribution in [-0.2, 0) is 19.9 Å². The Morgan fingerprint density at radius 2 is 1.70 bits per heavy atom. The van der Waals surface area contributed by atoms with Crippen molar-refractivity contribution in [3.05, 3.63) is 18.0 Å². The molecule has 6 rings (SSSR count). The Bertz CT molecular complexity index is 1420. The maximum atomic E-state index is 13.5. The Balaban J connectivity index is 1.13. The number of likely N-dealkylation sites (tertiary alicyclic amines) is 2. The lowest BCUT2D eigenvalue weighted by Crippen LogP contribution is -2.52. The molecule has 4 amide bonds. The summed E-state index contributed by atoms with van der Waals surface area (Å²) in [5.74, 6) is -0.832. The van der Waals surface area contributed by atoms with Crippen molar-refractivity contribution in [3.63, 3.8) is 0 Å². The summed E-state index contributed by atoms with van der Waals surface area (Å²) in [6.45, 7) is 7.89. The predicted molar refractivity (Wildman–Crippen MR) is 159 cm³/mol. The number of ether oxygens (including phenoxy) is 1. The fraction of sp³-hybridized carbons (Fsp3) is 0.677. The van der Waals surface area contributed by atoms with Gasteiger partial charge in [-0.15, -0.1) is 0 Å². The molecule has 4 aliphatic rings. The van der Waals surface area contributed by atoms with E-state index in [4.69, 9.17) is 9.72 Å². The summed E-state index contributed by atoms with van der Waals surface area (Å²) in [6.07, 6.45) is 9.43. The van der Waals surface area contributed by atoms with Crippen molar-refractivity contribution in [2.75, 3.05) is 38.0 Å². The maximum Gasteiger partial charge on any atom is 0.410 e. The topological polar surface area (TPSA) is 139 Å². The molecule has 2 atom stereocenters. The molecule has 5 heterocycles. The molecule has 3 fully saturated rings. The second kappa shape index (κ2) is 11.4. The lowest BCUT2D eigenvalue weighted by molar-refractivity contribution is -0.140. The average Bonchev–Trinajstić information content (AvgIpc) is 3.39. The van der Waals surface area contributed by atoms with Crippen molar-refractivity contribution in [1.29, 1.82) is 0 Å². The highest BCUT2D eigenvalue weighted by atomic mass is 16.6. The van der Waals surface area contributed by atoms with Gasteiger partial charge in [-0.05, 0) is 65.4 Å². The fourth-order valence-electron chi connectivity index (χ4n) is 7.25. The highest BCUT2D eigenvalue weighted by Crippen LogP contribution is 2.40. The van der Waals surface area contributed by atoms with Crippen LogP contribution in [0.25, 0.3) is 11.0 Å². The predicted octanol–water partition coefficient (Wildman–Crippen LogP) is 3.66. The normalized spacial score (nSPS) is 23.9. The first-order valence-electron chi connectivity index (χ1n) is 15.8. The molecule has 0 bridgehead atoms. The number of nitrogens with zero attached hydrogens (tertiary/aromatic N) is 5. The van der Waals surface area contributed by atoms with E-state index in [-0.39, 0.29) is 41.0 Å². The van der Waals surface area contributed by atoms with Crippen molar-refractivity contribution >= 4 is 40.8 Å². The van der Waals surface area contributed by atoms with Crippen LogP contribution in [0, 0.1) is 11.8 Å². The number of hydrogen-bond donors (Lipinski definition) is 2. The van der Waals surface area contributed by atoms with Gasteiger partial charge in [0.15, 0.2) is 0 Å². The standard InChI is InChI=1S/C31H43N7O5/c1-30(2,3)43-29(42)37-14-8-10-21(18-37)27(41)36-13-7-9-20(17-36)25(39)35-28-32-16-22-15-23-26(40)33-19-31(11-5-4-6-12-31)38(23)24(22)34-28/h15-16,20-21H,4-14,17-19H2,1-3H3,(H,33,40)(H,32,34,35,39)/t20-,21-/m1/s1. The van der Waals surface area contributed by atoms with E-state index in [0.29, 0.717) is 56.9 Å². The number of nitrogens with one attached hydrogen (secondary N) is 2. The van der Waals surface area contributed by atoms with Crippen LogP contribution in [0.4, 0.5) is 10.7 Å². The highest BCUT2D eigenvalue weighted by Gasteiger charge is 2.42. The third kappa shape index (κ3) is 5.92. The molecule has 0 radical (unpaired) electrons. The average molecular weight is 594 g/mol. The first-order valence-corrected chi connectivity index (χ1v) is 15.8. The van der Waals surface area contributed by atoms with Crippen LogP contribution >= 0.6 is 0 Å². The second-order valence-corrected chi connectivity index (χ2v) is 13.7. The number of rotatable bonds is 3. The van der Waals surface area contributed by atoms with Crippen LogP contribution in [0.2, 0.25) is 0 Å². The van der Waals surface area contributed by atoms with Crippen molar-refractivity contribution in [3.8, 4) is 0 Å². The number of hydrogen-bond acceptors (Lipinski definition) is 7. The Morgan fingerprint density at radius 3 is 2.44 bits per heavy atom. The number of carbonyl (C=O) groups is 4. The maximum absolute atomic E-state index is 13.5. The second-order valence-electron chi connectivity index (χ2n) is 13.7. The molecular weight excluding hydrogens is 550 g/mol. The first kappa shape index (κ1) is 29.4. The van der Waals surface area contributed by atoms with Gasteiger partial charge in [-0.1, -0.05) is 19.3 Å². The number of amides is 4. The molecule has 1 aliphatic carbocycles. The molecule has 0 aromatic carbocycles. The van der Waals surface area contributed by atoms with Crippen molar-refractivity contribution < 1.29 is 23.9 Å². The van der Waals surface area contributed by atoms with Gasteiger partial charge >= 0.3 is 6.09 Å². The fourth-order valence-corrected chi connectivity index (χ4v) is 7.25.